The van der Waals surface area contributed by atoms with Gasteiger partial charge < -0.3 is 5.32 Å². The summed E-state index contributed by atoms with van der Waals surface area (Å²) in [6.07, 6.45) is 8.17. The fraction of sp³-hybridized carbons (Fsp3) is 0.360. The molecule has 0 spiro atoms. The van der Waals surface area contributed by atoms with Crippen LogP contribution in [0.15, 0.2) is 59.5 Å². The summed E-state index contributed by atoms with van der Waals surface area (Å²) in [7, 11) is 0. The largest absolute Gasteiger partial charge is 0.303 e. The molecule has 4 nitrogen and oxygen atoms in total. The van der Waals surface area contributed by atoms with E-state index in [9.17, 15) is 9.59 Å². The highest BCUT2D eigenvalue weighted by Gasteiger charge is 2.28. The van der Waals surface area contributed by atoms with Crippen LogP contribution < -0.4 is 10.6 Å². The van der Waals surface area contributed by atoms with Gasteiger partial charge in [-0.15, -0.1) is 0 Å². The highest BCUT2D eigenvalue weighted by atomic mass is 32.2. The van der Waals surface area contributed by atoms with E-state index < -0.39 is 0 Å². The number of nitrogens with one attached hydrogen (secondary N) is 2. The topological polar surface area (TPSA) is 58.2 Å². The molecule has 4 rings (SSSR count). The average molecular weight is 421 g/mol. The van der Waals surface area contributed by atoms with E-state index in [1.54, 1.807) is 0 Å². The minimum atomic E-state index is -0.310. The van der Waals surface area contributed by atoms with Gasteiger partial charge in [0.1, 0.15) is 0 Å². The summed E-state index contributed by atoms with van der Waals surface area (Å²) in [4.78, 5) is 23.9. The molecule has 1 aliphatic carbocycles. The maximum absolute atomic E-state index is 11.9. The molecule has 1 saturated heterocycles. The molecule has 30 heavy (non-hydrogen) atoms. The molecule has 5 heteroatoms. The lowest BCUT2D eigenvalue weighted by molar-refractivity contribution is -0.115. The van der Waals surface area contributed by atoms with E-state index in [0.29, 0.717) is 10.8 Å². The van der Waals surface area contributed by atoms with Gasteiger partial charge in [0.25, 0.3) is 11.1 Å². The average Bonchev–Trinajstić information content (AvgIpc) is 3.09. The minimum Gasteiger partial charge on any atom is -0.303 e. The Bertz CT molecular complexity index is 935. The first kappa shape index (κ1) is 20.9. The highest BCUT2D eigenvalue weighted by molar-refractivity contribution is 8.18. The number of hydrogen-bond acceptors (Lipinski definition) is 4. The molecular formula is C25H28N2O2S. The van der Waals surface area contributed by atoms with Crippen LogP contribution in [0.2, 0.25) is 0 Å². The first-order valence-electron chi connectivity index (χ1n) is 10.8. The number of benzene rings is 2. The van der Waals surface area contributed by atoms with Crippen LogP contribution in [0.1, 0.15) is 67.8 Å². The molecule has 2 aromatic carbocycles. The van der Waals surface area contributed by atoms with Crippen molar-refractivity contribution in [1.82, 2.24) is 10.6 Å². The number of thioether (sulfide) groups is 1. The number of imide groups is 1. The van der Waals surface area contributed by atoms with Gasteiger partial charge in [0, 0.05) is 12.1 Å². The van der Waals surface area contributed by atoms with Gasteiger partial charge in [0.05, 0.1) is 4.91 Å². The summed E-state index contributed by atoms with van der Waals surface area (Å²) in [5.74, 6) is 0.286. The molecule has 2 fully saturated rings. The van der Waals surface area contributed by atoms with Crippen molar-refractivity contribution in [2.75, 3.05) is 0 Å². The monoisotopic (exact) mass is 420 g/mol. The highest BCUT2D eigenvalue weighted by Crippen LogP contribution is 2.37. The van der Waals surface area contributed by atoms with Gasteiger partial charge in [-0.2, -0.15) is 0 Å². The zero-order valence-corrected chi connectivity index (χ0v) is 18.1. The van der Waals surface area contributed by atoms with Gasteiger partial charge in [0.15, 0.2) is 0 Å². The summed E-state index contributed by atoms with van der Waals surface area (Å²) in [5.41, 5.74) is 3.48. The van der Waals surface area contributed by atoms with Crippen LogP contribution in [0.5, 0.6) is 0 Å². The quantitative estimate of drug-likeness (QED) is 0.564. The third kappa shape index (κ3) is 5.02. The number of amides is 2. The molecule has 2 atom stereocenters. The number of carbonyl (C=O) groups excluding carboxylic acids is 2. The lowest BCUT2D eigenvalue weighted by atomic mass is 9.80. The normalized spacial score (nSPS) is 20.9. The first-order chi connectivity index (χ1) is 14.6. The number of rotatable bonds is 6. The van der Waals surface area contributed by atoms with Gasteiger partial charge in [-0.25, -0.2) is 0 Å². The van der Waals surface area contributed by atoms with Gasteiger partial charge in [-0.05, 0) is 60.2 Å². The zero-order valence-electron chi connectivity index (χ0n) is 17.3. The second-order valence-electron chi connectivity index (χ2n) is 8.20. The third-order valence-corrected chi connectivity index (χ3v) is 6.87. The third-order valence-electron chi connectivity index (χ3n) is 6.06. The van der Waals surface area contributed by atoms with E-state index in [2.05, 4.69) is 54.0 Å². The van der Waals surface area contributed by atoms with Crippen molar-refractivity contribution in [2.24, 2.45) is 5.92 Å². The van der Waals surface area contributed by atoms with Crippen LogP contribution in [0.3, 0.4) is 0 Å². The molecular weight excluding hydrogens is 392 g/mol. The van der Waals surface area contributed by atoms with Crippen molar-refractivity contribution in [3.05, 3.63) is 76.2 Å². The zero-order chi connectivity index (χ0) is 20.9. The Morgan fingerprint density at radius 1 is 1.00 bits per heavy atom. The smallest absolute Gasteiger partial charge is 0.290 e. The second-order valence-corrected chi connectivity index (χ2v) is 9.21. The molecule has 1 aliphatic heterocycles. The Labute approximate surface area is 182 Å². The van der Waals surface area contributed by atoms with Crippen molar-refractivity contribution in [1.29, 1.82) is 0 Å². The fourth-order valence-corrected chi connectivity index (χ4v) is 5.18. The summed E-state index contributed by atoms with van der Waals surface area (Å²) in [6, 6.07) is 19.4. The maximum Gasteiger partial charge on any atom is 0.290 e. The van der Waals surface area contributed by atoms with E-state index in [0.717, 1.165) is 17.3 Å². The van der Waals surface area contributed by atoms with Crippen molar-refractivity contribution < 1.29 is 9.59 Å². The lowest BCUT2D eigenvalue weighted by Gasteiger charge is -2.34. The summed E-state index contributed by atoms with van der Waals surface area (Å²) < 4.78 is 0. The fourth-order valence-electron chi connectivity index (χ4n) is 4.49. The second kappa shape index (κ2) is 9.63. The van der Waals surface area contributed by atoms with Gasteiger partial charge in [-0.1, -0.05) is 73.9 Å². The summed E-state index contributed by atoms with van der Waals surface area (Å²) in [5, 5.41) is 5.92. The number of carbonyl (C=O) groups is 2. The van der Waals surface area contributed by atoms with E-state index in [-0.39, 0.29) is 23.2 Å². The van der Waals surface area contributed by atoms with Crippen molar-refractivity contribution in [3.8, 4) is 0 Å². The molecule has 156 valence electrons. The Morgan fingerprint density at radius 2 is 1.73 bits per heavy atom. The molecule has 2 amide bonds. The van der Waals surface area contributed by atoms with Crippen LogP contribution in [0, 0.1) is 5.92 Å². The Balaban J connectivity index is 1.61. The SMILES string of the molecule is C[C@@H](NC(c1cccc(C=C2SC(=O)NC2=O)c1)C1CCCCC1)c1ccccc1. The molecule has 2 aromatic rings. The van der Waals surface area contributed by atoms with Crippen LogP contribution in [-0.4, -0.2) is 11.1 Å². The molecule has 1 saturated carbocycles. The van der Waals surface area contributed by atoms with E-state index in [1.165, 1.54) is 43.2 Å². The predicted octanol–water partition coefficient (Wildman–Crippen LogP) is 5.98. The molecule has 2 N–H and O–H groups in total. The Morgan fingerprint density at radius 3 is 2.43 bits per heavy atom. The van der Waals surface area contributed by atoms with E-state index in [4.69, 9.17) is 0 Å². The Hall–Kier alpha value is -2.37. The lowest BCUT2D eigenvalue weighted by Crippen LogP contribution is -2.31. The Kier molecular flexibility index (Phi) is 6.70. The molecule has 1 unspecified atom stereocenters. The molecule has 0 bridgehead atoms. The van der Waals surface area contributed by atoms with Gasteiger partial charge >= 0.3 is 0 Å². The van der Waals surface area contributed by atoms with E-state index >= 15 is 0 Å². The molecule has 2 aliphatic rings. The first-order valence-corrected chi connectivity index (χ1v) is 11.6. The summed E-state index contributed by atoms with van der Waals surface area (Å²) in [6.45, 7) is 2.22. The molecule has 0 radical (unpaired) electrons. The van der Waals surface area contributed by atoms with Crippen LogP contribution in [0.4, 0.5) is 4.79 Å². The van der Waals surface area contributed by atoms with E-state index in [1.807, 2.05) is 24.3 Å². The van der Waals surface area contributed by atoms with Crippen LogP contribution in [0.25, 0.3) is 6.08 Å². The maximum atomic E-state index is 11.9. The standard InChI is InChI=1S/C25H28N2O2S/c1-17(19-10-4-2-5-11-19)26-23(20-12-6-3-7-13-20)21-14-8-9-18(15-21)16-22-24(28)27-25(29)30-22/h2,4-5,8-11,14-17,20,23,26H,3,6-7,12-13H2,1H3,(H,27,28,29)/t17-,23?/m1/s1. The number of hydrogen-bond donors (Lipinski definition) is 2. The predicted molar refractivity (Wildman–Crippen MR) is 123 cm³/mol. The molecule has 1 heterocycles. The van der Waals surface area contributed by atoms with Crippen molar-refractivity contribution in [2.45, 2.75) is 51.1 Å². The molecule has 0 aromatic heterocycles. The van der Waals surface area contributed by atoms with Gasteiger partial charge in [-0.3, -0.25) is 14.9 Å². The van der Waals surface area contributed by atoms with Crippen LogP contribution >= 0.6 is 11.8 Å². The van der Waals surface area contributed by atoms with Crippen molar-refractivity contribution >= 4 is 29.0 Å². The van der Waals surface area contributed by atoms with Crippen LogP contribution in [-0.2, 0) is 4.79 Å². The van der Waals surface area contributed by atoms with Crippen molar-refractivity contribution in [3.63, 3.8) is 0 Å². The summed E-state index contributed by atoms with van der Waals surface area (Å²) >= 11 is 0.965. The van der Waals surface area contributed by atoms with Gasteiger partial charge in [0.2, 0.25) is 0 Å². The minimum absolute atomic E-state index is 0.244.